The number of para-hydroxylation sites is 1. The number of anilines is 1. The number of fused-ring (bicyclic) bond motifs is 2. The van der Waals surface area contributed by atoms with Gasteiger partial charge in [0.25, 0.3) is 11.8 Å². The molecule has 78 heavy (non-hydrogen) atoms. The molecule has 0 radical (unpaired) electrons. The van der Waals surface area contributed by atoms with Crippen LogP contribution in [0.25, 0.3) is 11.1 Å². The van der Waals surface area contributed by atoms with Gasteiger partial charge in [-0.25, -0.2) is 0 Å². The number of rotatable bonds is 27. The van der Waals surface area contributed by atoms with Crippen LogP contribution in [0.2, 0.25) is 0 Å². The first kappa shape index (κ1) is 62.6. The Morgan fingerprint density at radius 2 is 1.17 bits per heavy atom. The lowest BCUT2D eigenvalue weighted by atomic mass is 9.79. The maximum Gasteiger partial charge on any atom is 0.252 e. The lowest BCUT2D eigenvalue weighted by molar-refractivity contribution is -0.126. The summed E-state index contributed by atoms with van der Waals surface area (Å²) in [7, 11) is 0. The average Bonchev–Trinajstić information content (AvgIpc) is 3.34. The minimum Gasteiger partial charge on any atom is -0.375 e. The smallest absolute Gasteiger partial charge is 0.252 e. The normalized spacial score (nSPS) is 14.3. The number of aryl methyl sites for hydroxylation is 1. The van der Waals surface area contributed by atoms with Gasteiger partial charge >= 0.3 is 0 Å². The molecule has 2 aromatic heterocycles. The standard InChI is InChI=1S/C65H93N7O6/c1-16-21-49-35-48(38-50(68-49)32-41(2)3)62(76)70-55(39-67-61(75)47-36-51(33-42(4)5)69-52(37-47)34-43(6)7)63(77)66-30-28-65(14,15)78-31-29-64(12,13)71-57(73)26-27-58(74)72-40-46-22-17-18-23-53(46)59(44(8)9)60(45(10)11)54-24-19-20-25-56(54)72/h17-20,22-25,35-38,41-45,55H,16,21,26-34,39-40H2,1-15H3,(H,66,77)(H,67,75)(H,70,76)(H,71,73)/b60-59-/t55-/m0/s1. The van der Waals surface area contributed by atoms with Gasteiger partial charge in [0.2, 0.25) is 17.7 Å². The lowest BCUT2D eigenvalue weighted by Crippen LogP contribution is -2.53. The number of nitrogens with one attached hydrogen (secondary N) is 4. The third kappa shape index (κ3) is 18.7. The number of pyridine rings is 2. The minimum atomic E-state index is -1.09. The van der Waals surface area contributed by atoms with E-state index >= 15 is 0 Å². The highest BCUT2D eigenvalue weighted by Gasteiger charge is 2.31. The molecule has 424 valence electrons. The molecule has 0 spiro atoms. The van der Waals surface area contributed by atoms with Crippen LogP contribution >= 0.6 is 0 Å². The Balaban J connectivity index is 1.20. The number of hydrogen-bond acceptors (Lipinski definition) is 8. The monoisotopic (exact) mass is 1070 g/mol. The van der Waals surface area contributed by atoms with E-state index in [4.69, 9.17) is 14.7 Å². The number of carbonyl (C=O) groups is 5. The van der Waals surface area contributed by atoms with E-state index in [0.29, 0.717) is 67.7 Å². The molecule has 1 aliphatic heterocycles. The molecule has 0 fully saturated rings. The van der Waals surface area contributed by atoms with Crippen molar-refractivity contribution in [2.24, 2.45) is 29.6 Å². The maximum absolute atomic E-state index is 14.3. The molecule has 13 heteroatoms. The average molecular weight is 1070 g/mol. The topological polar surface area (TPSA) is 172 Å². The van der Waals surface area contributed by atoms with Crippen LogP contribution in [0.1, 0.15) is 196 Å². The van der Waals surface area contributed by atoms with Gasteiger partial charge in [-0.2, -0.15) is 0 Å². The summed E-state index contributed by atoms with van der Waals surface area (Å²) >= 11 is 0. The van der Waals surface area contributed by atoms with Gasteiger partial charge < -0.3 is 30.9 Å². The molecule has 1 aliphatic rings. The highest BCUT2D eigenvalue weighted by Crippen LogP contribution is 2.44. The number of amides is 5. The Morgan fingerprint density at radius 3 is 1.74 bits per heavy atom. The molecule has 4 N–H and O–H groups in total. The maximum atomic E-state index is 14.3. The molecule has 0 saturated heterocycles. The van der Waals surface area contributed by atoms with E-state index in [-0.39, 0.29) is 55.5 Å². The van der Waals surface area contributed by atoms with Crippen LogP contribution in [0.4, 0.5) is 5.69 Å². The van der Waals surface area contributed by atoms with Gasteiger partial charge in [-0.3, -0.25) is 33.9 Å². The molecule has 5 amide bonds. The second-order valence-corrected chi connectivity index (χ2v) is 24.6. The van der Waals surface area contributed by atoms with Gasteiger partial charge in [-0.05, 0) is 148 Å². The quantitative estimate of drug-likeness (QED) is 0.0457. The van der Waals surface area contributed by atoms with E-state index in [0.717, 1.165) is 64.4 Å². The second kappa shape index (κ2) is 28.6. The number of aromatic nitrogens is 2. The molecule has 0 bridgehead atoms. The number of benzene rings is 2. The van der Waals surface area contributed by atoms with Gasteiger partial charge in [0.05, 0.1) is 17.8 Å². The van der Waals surface area contributed by atoms with Crippen LogP contribution in [0.3, 0.4) is 0 Å². The molecule has 3 heterocycles. The summed E-state index contributed by atoms with van der Waals surface area (Å²) in [5.41, 5.74) is 9.58. The summed E-state index contributed by atoms with van der Waals surface area (Å²) in [6.07, 6.45) is 4.75. The van der Waals surface area contributed by atoms with Gasteiger partial charge in [0.15, 0.2) is 0 Å². The van der Waals surface area contributed by atoms with E-state index in [9.17, 15) is 24.0 Å². The van der Waals surface area contributed by atoms with Crippen LogP contribution in [0.5, 0.6) is 0 Å². The number of nitrogens with zero attached hydrogens (tertiary/aromatic N) is 3. The summed E-state index contributed by atoms with van der Waals surface area (Å²) in [5, 5.41) is 12.0. The van der Waals surface area contributed by atoms with Crippen LogP contribution in [-0.2, 0) is 51.3 Å². The van der Waals surface area contributed by atoms with Gasteiger partial charge in [-0.1, -0.05) is 125 Å². The van der Waals surface area contributed by atoms with E-state index in [2.05, 4.69) is 122 Å². The van der Waals surface area contributed by atoms with Crippen LogP contribution in [-0.4, -0.2) is 76.4 Å². The van der Waals surface area contributed by atoms with Crippen molar-refractivity contribution in [3.05, 3.63) is 123 Å². The first-order valence-corrected chi connectivity index (χ1v) is 28.8. The first-order valence-electron chi connectivity index (χ1n) is 28.8. The molecule has 0 aliphatic carbocycles. The zero-order chi connectivity index (χ0) is 57.5. The Morgan fingerprint density at radius 1 is 0.641 bits per heavy atom. The summed E-state index contributed by atoms with van der Waals surface area (Å²) < 4.78 is 6.38. The number of hydrogen-bond donors (Lipinski definition) is 4. The van der Waals surface area contributed by atoms with E-state index in [1.165, 1.54) is 11.1 Å². The fourth-order valence-electron chi connectivity index (χ4n) is 10.3. The number of ether oxygens (including phenoxy) is 1. The van der Waals surface area contributed by atoms with Gasteiger partial charge in [-0.15, -0.1) is 0 Å². The lowest BCUT2D eigenvalue weighted by Gasteiger charge is -2.33. The fraction of sp³-hybridized carbons (Fsp3) is 0.554. The molecule has 0 unspecified atom stereocenters. The Kier molecular flexibility index (Phi) is 23.0. The second-order valence-electron chi connectivity index (χ2n) is 24.6. The van der Waals surface area contributed by atoms with Gasteiger partial charge in [0, 0.05) is 77.5 Å². The van der Waals surface area contributed by atoms with Crippen molar-refractivity contribution in [3.63, 3.8) is 0 Å². The molecule has 0 saturated carbocycles. The van der Waals surface area contributed by atoms with E-state index < -0.39 is 29.0 Å². The zero-order valence-corrected chi connectivity index (χ0v) is 49.9. The summed E-state index contributed by atoms with van der Waals surface area (Å²) in [5.74, 6) is -0.0388. The highest BCUT2D eigenvalue weighted by molar-refractivity contribution is 6.03. The Labute approximate surface area is 467 Å². The van der Waals surface area contributed by atoms with E-state index in [1.807, 2.05) is 69.0 Å². The van der Waals surface area contributed by atoms with Crippen molar-refractivity contribution in [1.29, 1.82) is 0 Å². The molecular weight excluding hydrogens is 975 g/mol. The largest absolute Gasteiger partial charge is 0.375 e. The predicted molar refractivity (Wildman–Crippen MR) is 316 cm³/mol. The van der Waals surface area contributed by atoms with Crippen molar-refractivity contribution in [2.45, 2.75) is 185 Å². The minimum absolute atomic E-state index is 0.0354. The van der Waals surface area contributed by atoms with Crippen molar-refractivity contribution >= 4 is 46.4 Å². The Hall–Kier alpha value is -6.21. The number of carbonyl (C=O) groups excluding carboxylic acids is 5. The first-order chi connectivity index (χ1) is 36.8. The van der Waals surface area contributed by atoms with Crippen molar-refractivity contribution in [3.8, 4) is 0 Å². The fourth-order valence-corrected chi connectivity index (χ4v) is 10.3. The van der Waals surface area contributed by atoms with Crippen LogP contribution in [0, 0.1) is 29.6 Å². The molecule has 5 rings (SSSR count). The zero-order valence-electron chi connectivity index (χ0n) is 49.9. The van der Waals surface area contributed by atoms with Crippen molar-refractivity contribution in [1.82, 2.24) is 31.2 Å². The molecule has 4 aromatic rings. The SMILES string of the molecule is CCCc1cc(C(=O)N[C@@H](CNC(=O)c2cc(CC(C)C)nc(CC(C)C)c2)C(=O)NCCC(C)(C)OCCC(C)(C)NC(=O)CCC(=O)N2Cc3ccccc3/C(C(C)C)=C(/C(C)C)c3ccccc32)cc(CC(C)C)n1. The third-order valence-electron chi connectivity index (χ3n) is 14.0. The summed E-state index contributed by atoms with van der Waals surface area (Å²) in [6.45, 7) is 32.2. The predicted octanol–water partition coefficient (Wildman–Crippen LogP) is 11.7. The third-order valence-corrected chi connectivity index (χ3v) is 14.0. The Bertz CT molecular complexity index is 2710. The molecule has 1 atom stereocenters. The van der Waals surface area contributed by atoms with Crippen molar-refractivity contribution < 1.29 is 28.7 Å². The van der Waals surface area contributed by atoms with Crippen LogP contribution in [0.15, 0.2) is 72.8 Å². The van der Waals surface area contributed by atoms with Crippen molar-refractivity contribution in [2.75, 3.05) is 24.6 Å². The molecular formula is C65H93N7O6. The summed E-state index contributed by atoms with van der Waals surface area (Å²) in [6, 6.07) is 22.6. The summed E-state index contributed by atoms with van der Waals surface area (Å²) in [4.78, 5) is 81.3. The van der Waals surface area contributed by atoms with Gasteiger partial charge in [0.1, 0.15) is 6.04 Å². The number of allylic oxidation sites excluding steroid dienone is 2. The van der Waals surface area contributed by atoms with E-state index in [1.54, 1.807) is 12.1 Å². The highest BCUT2D eigenvalue weighted by atomic mass is 16.5. The van der Waals surface area contributed by atoms with Crippen LogP contribution < -0.4 is 26.2 Å². The molecule has 13 nitrogen and oxygen atoms in total. The molecule has 2 aromatic carbocycles.